The van der Waals surface area contributed by atoms with Crippen molar-refractivity contribution < 1.29 is 9.18 Å². The van der Waals surface area contributed by atoms with Gasteiger partial charge in [-0.15, -0.1) is 12.4 Å². The standard InChI is InChI=1S/C14H19FN2O.ClH/c1-10-3-4-13(15)7-12(10)8-14(18)17-6-5-16-9-11(17)2;/h3-4,7,11,16H,5-6,8-9H2,1-2H3;1H. The molecule has 1 unspecified atom stereocenters. The Morgan fingerprint density at radius 3 is 2.95 bits per heavy atom. The molecule has 1 aromatic rings. The summed E-state index contributed by atoms with van der Waals surface area (Å²) in [5.41, 5.74) is 1.75. The molecule has 1 saturated heterocycles. The minimum atomic E-state index is -0.281. The molecule has 1 heterocycles. The Hall–Kier alpha value is -1.13. The van der Waals surface area contributed by atoms with Crippen LogP contribution in [0, 0.1) is 12.7 Å². The largest absolute Gasteiger partial charge is 0.337 e. The van der Waals surface area contributed by atoms with Gasteiger partial charge < -0.3 is 10.2 Å². The van der Waals surface area contributed by atoms with Gasteiger partial charge in [-0.05, 0) is 37.1 Å². The summed E-state index contributed by atoms with van der Waals surface area (Å²) in [6.07, 6.45) is 0.286. The molecule has 106 valence electrons. The van der Waals surface area contributed by atoms with Crippen LogP contribution in [-0.4, -0.2) is 36.5 Å². The molecule has 1 N–H and O–H groups in total. The first-order valence-corrected chi connectivity index (χ1v) is 6.33. The van der Waals surface area contributed by atoms with Crippen LogP contribution in [0.15, 0.2) is 18.2 Å². The highest BCUT2D eigenvalue weighted by Gasteiger charge is 2.23. The van der Waals surface area contributed by atoms with Gasteiger partial charge in [-0.3, -0.25) is 4.79 Å². The molecule has 3 nitrogen and oxygen atoms in total. The third kappa shape index (κ3) is 3.91. The fourth-order valence-corrected chi connectivity index (χ4v) is 2.31. The maximum Gasteiger partial charge on any atom is 0.227 e. The van der Waals surface area contributed by atoms with Crippen molar-refractivity contribution in [1.82, 2.24) is 10.2 Å². The van der Waals surface area contributed by atoms with Crippen molar-refractivity contribution in [1.29, 1.82) is 0 Å². The molecule has 19 heavy (non-hydrogen) atoms. The van der Waals surface area contributed by atoms with Crippen LogP contribution in [0.25, 0.3) is 0 Å². The average Bonchev–Trinajstić information content (AvgIpc) is 2.34. The fourth-order valence-electron chi connectivity index (χ4n) is 2.31. The minimum absolute atomic E-state index is 0. The van der Waals surface area contributed by atoms with Crippen molar-refractivity contribution in [3.8, 4) is 0 Å². The van der Waals surface area contributed by atoms with Crippen molar-refractivity contribution in [3.63, 3.8) is 0 Å². The van der Waals surface area contributed by atoms with Crippen molar-refractivity contribution in [2.45, 2.75) is 26.3 Å². The van der Waals surface area contributed by atoms with Crippen molar-refractivity contribution in [2.75, 3.05) is 19.6 Å². The Bertz CT molecular complexity index is 453. The van der Waals surface area contributed by atoms with Crippen LogP contribution >= 0.6 is 12.4 Å². The van der Waals surface area contributed by atoms with Gasteiger partial charge in [0.25, 0.3) is 0 Å². The van der Waals surface area contributed by atoms with Gasteiger partial charge in [0.15, 0.2) is 0 Å². The van der Waals surface area contributed by atoms with E-state index in [9.17, 15) is 9.18 Å². The number of hydrogen-bond donors (Lipinski definition) is 1. The normalized spacial score (nSPS) is 18.9. The lowest BCUT2D eigenvalue weighted by molar-refractivity contribution is -0.133. The zero-order valence-electron chi connectivity index (χ0n) is 11.3. The molecule has 1 aliphatic rings. The Morgan fingerprint density at radius 1 is 1.53 bits per heavy atom. The lowest BCUT2D eigenvalue weighted by Crippen LogP contribution is -2.52. The lowest BCUT2D eigenvalue weighted by Gasteiger charge is -2.34. The van der Waals surface area contributed by atoms with Gasteiger partial charge >= 0.3 is 0 Å². The van der Waals surface area contributed by atoms with Crippen LogP contribution < -0.4 is 5.32 Å². The summed E-state index contributed by atoms with van der Waals surface area (Å²) in [6.45, 7) is 6.33. The Kier molecular flexibility index (Phi) is 5.76. The van der Waals surface area contributed by atoms with Gasteiger partial charge in [-0.25, -0.2) is 4.39 Å². The minimum Gasteiger partial charge on any atom is -0.337 e. The monoisotopic (exact) mass is 286 g/mol. The summed E-state index contributed by atoms with van der Waals surface area (Å²) in [5, 5.41) is 3.25. The van der Waals surface area contributed by atoms with E-state index >= 15 is 0 Å². The second-order valence-electron chi connectivity index (χ2n) is 4.89. The van der Waals surface area contributed by atoms with Crippen molar-refractivity contribution >= 4 is 18.3 Å². The molecular weight excluding hydrogens is 267 g/mol. The second kappa shape index (κ2) is 6.87. The Morgan fingerprint density at radius 2 is 2.26 bits per heavy atom. The lowest BCUT2D eigenvalue weighted by atomic mass is 10.0. The van der Waals surface area contributed by atoms with E-state index < -0.39 is 0 Å². The fraction of sp³-hybridized carbons (Fsp3) is 0.500. The summed E-state index contributed by atoms with van der Waals surface area (Å²) < 4.78 is 13.2. The zero-order chi connectivity index (χ0) is 13.1. The molecular formula is C14H20ClFN2O. The van der Waals surface area contributed by atoms with Crippen LogP contribution in [0.2, 0.25) is 0 Å². The van der Waals surface area contributed by atoms with Gasteiger partial charge in [0, 0.05) is 25.7 Å². The first-order valence-electron chi connectivity index (χ1n) is 6.33. The molecule has 1 aliphatic heterocycles. The molecule has 0 aromatic heterocycles. The average molecular weight is 287 g/mol. The molecule has 0 aliphatic carbocycles. The smallest absolute Gasteiger partial charge is 0.227 e. The van der Waals surface area contributed by atoms with Crippen LogP contribution in [0.1, 0.15) is 18.1 Å². The number of hydrogen-bond acceptors (Lipinski definition) is 2. The van der Waals surface area contributed by atoms with Gasteiger partial charge in [0.2, 0.25) is 5.91 Å². The highest BCUT2D eigenvalue weighted by atomic mass is 35.5. The molecule has 0 radical (unpaired) electrons. The molecule has 2 rings (SSSR count). The van der Waals surface area contributed by atoms with Gasteiger partial charge in [0.05, 0.1) is 6.42 Å². The topological polar surface area (TPSA) is 32.3 Å². The number of piperazine rings is 1. The number of rotatable bonds is 2. The number of aryl methyl sites for hydroxylation is 1. The first-order chi connectivity index (χ1) is 8.58. The third-order valence-electron chi connectivity index (χ3n) is 3.47. The first kappa shape index (κ1) is 15.9. The summed E-state index contributed by atoms with van der Waals surface area (Å²) in [6, 6.07) is 4.82. The van der Waals surface area contributed by atoms with E-state index in [2.05, 4.69) is 5.32 Å². The molecule has 0 bridgehead atoms. The summed E-state index contributed by atoms with van der Waals surface area (Å²) in [4.78, 5) is 14.1. The molecule has 1 aromatic carbocycles. The number of amides is 1. The summed E-state index contributed by atoms with van der Waals surface area (Å²) in [5.74, 6) is -0.200. The van der Waals surface area contributed by atoms with Gasteiger partial charge in [-0.1, -0.05) is 6.07 Å². The quantitative estimate of drug-likeness (QED) is 0.901. The predicted molar refractivity (Wildman–Crippen MR) is 76.1 cm³/mol. The third-order valence-corrected chi connectivity index (χ3v) is 3.47. The van der Waals surface area contributed by atoms with Crippen LogP contribution in [0.5, 0.6) is 0 Å². The molecule has 1 fully saturated rings. The van der Waals surface area contributed by atoms with Gasteiger partial charge in [0.1, 0.15) is 5.82 Å². The number of halogens is 2. The number of nitrogens with one attached hydrogen (secondary N) is 1. The maximum atomic E-state index is 13.2. The van der Waals surface area contributed by atoms with E-state index in [1.807, 2.05) is 18.7 Å². The molecule has 1 amide bonds. The highest BCUT2D eigenvalue weighted by molar-refractivity contribution is 5.85. The van der Waals surface area contributed by atoms with E-state index in [1.165, 1.54) is 12.1 Å². The Balaban J connectivity index is 0.00000180. The highest BCUT2D eigenvalue weighted by Crippen LogP contribution is 2.13. The number of benzene rings is 1. The van der Waals surface area contributed by atoms with E-state index in [1.54, 1.807) is 6.07 Å². The summed E-state index contributed by atoms with van der Waals surface area (Å²) in [7, 11) is 0. The van der Waals surface area contributed by atoms with Gasteiger partial charge in [-0.2, -0.15) is 0 Å². The van der Waals surface area contributed by atoms with E-state index in [-0.39, 0.29) is 36.6 Å². The zero-order valence-corrected chi connectivity index (χ0v) is 12.1. The van der Waals surface area contributed by atoms with E-state index in [0.29, 0.717) is 0 Å². The van der Waals surface area contributed by atoms with Crippen molar-refractivity contribution in [2.24, 2.45) is 0 Å². The van der Waals surface area contributed by atoms with Crippen LogP contribution in [-0.2, 0) is 11.2 Å². The van der Waals surface area contributed by atoms with E-state index in [4.69, 9.17) is 0 Å². The molecule has 1 atom stereocenters. The second-order valence-corrected chi connectivity index (χ2v) is 4.89. The number of nitrogens with zero attached hydrogens (tertiary/aromatic N) is 1. The number of carbonyl (C=O) groups is 1. The maximum absolute atomic E-state index is 13.2. The van der Waals surface area contributed by atoms with Crippen molar-refractivity contribution in [3.05, 3.63) is 35.1 Å². The molecule has 5 heteroatoms. The molecule has 0 saturated carbocycles. The SMILES string of the molecule is Cc1ccc(F)cc1CC(=O)N1CCNCC1C.Cl. The van der Waals surface area contributed by atoms with E-state index in [0.717, 1.165) is 30.8 Å². The predicted octanol–water partition coefficient (Wildman–Crippen LogP) is 1.92. The van der Waals surface area contributed by atoms with Crippen LogP contribution in [0.3, 0.4) is 0 Å². The van der Waals surface area contributed by atoms with Crippen LogP contribution in [0.4, 0.5) is 4.39 Å². The Labute approximate surface area is 119 Å². The summed E-state index contributed by atoms with van der Waals surface area (Å²) >= 11 is 0. The number of carbonyl (C=O) groups excluding carboxylic acids is 1. The molecule has 0 spiro atoms.